The van der Waals surface area contributed by atoms with E-state index in [-0.39, 0.29) is 11.4 Å². The zero-order valence-electron chi connectivity index (χ0n) is 16.2. The van der Waals surface area contributed by atoms with Crippen LogP contribution in [0.5, 0.6) is 11.6 Å². The molecule has 5 nitrogen and oxygen atoms in total. The van der Waals surface area contributed by atoms with E-state index >= 15 is 0 Å². The normalized spacial score (nSPS) is 11.2. The van der Waals surface area contributed by atoms with Crippen molar-refractivity contribution in [3.63, 3.8) is 0 Å². The summed E-state index contributed by atoms with van der Waals surface area (Å²) in [5, 5.41) is 12.2. The van der Waals surface area contributed by atoms with Crippen LogP contribution in [-0.4, -0.2) is 23.0 Å². The monoisotopic (exact) mass is 384 g/mol. The van der Waals surface area contributed by atoms with Gasteiger partial charge in [-0.15, -0.1) is 0 Å². The molecule has 0 fully saturated rings. The van der Waals surface area contributed by atoms with Gasteiger partial charge < -0.3 is 9.84 Å². The van der Waals surface area contributed by atoms with E-state index in [1.807, 2.05) is 67.6 Å². The smallest absolute Gasteiger partial charge is 0.265 e. The minimum Gasteiger partial charge on any atom is -0.497 e. The van der Waals surface area contributed by atoms with E-state index in [2.05, 4.69) is 4.99 Å². The van der Waals surface area contributed by atoms with Crippen LogP contribution in [0.3, 0.4) is 0 Å². The second kappa shape index (κ2) is 7.64. The molecule has 0 bridgehead atoms. The third-order valence-electron chi connectivity index (χ3n) is 4.78. The van der Waals surface area contributed by atoms with E-state index in [0.717, 1.165) is 11.3 Å². The van der Waals surface area contributed by atoms with E-state index < -0.39 is 0 Å². The van der Waals surface area contributed by atoms with E-state index in [9.17, 15) is 9.90 Å². The van der Waals surface area contributed by atoms with Crippen LogP contribution in [0.2, 0.25) is 0 Å². The zero-order valence-corrected chi connectivity index (χ0v) is 16.2. The fourth-order valence-corrected chi connectivity index (χ4v) is 3.30. The van der Waals surface area contributed by atoms with Gasteiger partial charge in [0.05, 0.1) is 24.0 Å². The van der Waals surface area contributed by atoms with Gasteiger partial charge in [-0.25, -0.2) is 4.57 Å². The predicted octanol–water partition coefficient (Wildman–Crippen LogP) is 4.76. The molecule has 3 aromatic carbocycles. The lowest BCUT2D eigenvalue weighted by Gasteiger charge is -2.14. The van der Waals surface area contributed by atoms with Crippen molar-refractivity contribution < 1.29 is 9.84 Å². The molecule has 29 heavy (non-hydrogen) atoms. The van der Waals surface area contributed by atoms with Crippen molar-refractivity contribution in [3.05, 3.63) is 94.3 Å². The van der Waals surface area contributed by atoms with Gasteiger partial charge in [-0.3, -0.25) is 9.79 Å². The summed E-state index contributed by atoms with van der Waals surface area (Å²) in [5.74, 6) is 0.599. The molecule has 1 N–H and O–H groups in total. The van der Waals surface area contributed by atoms with E-state index in [1.165, 1.54) is 4.57 Å². The van der Waals surface area contributed by atoms with Crippen molar-refractivity contribution in [2.45, 2.75) is 6.92 Å². The average molecular weight is 384 g/mol. The summed E-state index contributed by atoms with van der Waals surface area (Å²) in [4.78, 5) is 17.6. The Bertz CT molecular complexity index is 1270. The molecular formula is C24H20N2O3. The number of hydrogen-bond donors (Lipinski definition) is 1. The molecule has 4 aromatic rings. The average Bonchev–Trinajstić information content (AvgIpc) is 2.74. The number of methoxy groups -OCH3 is 1. The van der Waals surface area contributed by atoms with Crippen molar-refractivity contribution >= 4 is 22.7 Å². The van der Waals surface area contributed by atoms with Crippen LogP contribution in [0.1, 0.15) is 11.1 Å². The Balaban J connectivity index is 1.93. The summed E-state index contributed by atoms with van der Waals surface area (Å²) in [7, 11) is 1.61. The predicted molar refractivity (Wildman–Crippen MR) is 116 cm³/mol. The maximum Gasteiger partial charge on any atom is 0.265 e. The molecule has 0 saturated heterocycles. The second-order valence-electron chi connectivity index (χ2n) is 6.72. The Kier molecular flexibility index (Phi) is 4.87. The van der Waals surface area contributed by atoms with Crippen LogP contribution >= 0.6 is 0 Å². The van der Waals surface area contributed by atoms with Gasteiger partial charge in [-0.2, -0.15) is 0 Å². The van der Waals surface area contributed by atoms with Gasteiger partial charge in [0.15, 0.2) is 0 Å². The third kappa shape index (κ3) is 3.50. The fourth-order valence-electron chi connectivity index (χ4n) is 3.30. The largest absolute Gasteiger partial charge is 0.497 e. The molecule has 0 aliphatic heterocycles. The molecule has 1 heterocycles. The first-order valence-electron chi connectivity index (χ1n) is 9.20. The van der Waals surface area contributed by atoms with Crippen LogP contribution in [0, 0.1) is 6.92 Å². The summed E-state index contributed by atoms with van der Waals surface area (Å²) >= 11 is 0. The van der Waals surface area contributed by atoms with E-state index in [0.29, 0.717) is 27.7 Å². The lowest BCUT2D eigenvalue weighted by atomic mass is 10.1. The number of aryl methyl sites for hydroxylation is 1. The first-order valence-corrected chi connectivity index (χ1v) is 9.20. The molecule has 0 radical (unpaired) electrons. The molecule has 0 amide bonds. The van der Waals surface area contributed by atoms with Gasteiger partial charge >= 0.3 is 0 Å². The number of hydrogen-bond acceptors (Lipinski definition) is 4. The van der Waals surface area contributed by atoms with Gasteiger partial charge in [0, 0.05) is 17.0 Å². The van der Waals surface area contributed by atoms with Crippen molar-refractivity contribution in [2.75, 3.05) is 7.11 Å². The van der Waals surface area contributed by atoms with E-state index in [1.54, 1.807) is 25.5 Å². The molecule has 0 atom stereocenters. The van der Waals surface area contributed by atoms with Crippen molar-refractivity contribution in [1.29, 1.82) is 0 Å². The highest BCUT2D eigenvalue weighted by atomic mass is 16.5. The molecule has 0 aliphatic rings. The summed E-state index contributed by atoms with van der Waals surface area (Å²) < 4.78 is 6.49. The molecule has 0 unspecified atom stereocenters. The van der Waals surface area contributed by atoms with Crippen LogP contribution in [0.25, 0.3) is 16.5 Å². The van der Waals surface area contributed by atoms with Crippen LogP contribution < -0.4 is 10.3 Å². The Morgan fingerprint density at radius 1 is 0.966 bits per heavy atom. The second-order valence-corrected chi connectivity index (χ2v) is 6.72. The lowest BCUT2D eigenvalue weighted by Crippen LogP contribution is -2.20. The number of aromatic nitrogens is 1. The summed E-state index contributed by atoms with van der Waals surface area (Å²) in [6, 6.07) is 22.0. The lowest BCUT2D eigenvalue weighted by molar-refractivity contribution is 0.415. The minimum absolute atomic E-state index is 0.142. The molecule has 0 spiro atoms. The van der Waals surface area contributed by atoms with Crippen molar-refractivity contribution in [1.82, 2.24) is 4.57 Å². The summed E-state index contributed by atoms with van der Waals surface area (Å²) in [5.41, 5.74) is 2.53. The van der Waals surface area contributed by atoms with Gasteiger partial charge in [-0.1, -0.05) is 30.3 Å². The Labute approximate surface area is 168 Å². The Hall–Kier alpha value is -3.86. The number of nitrogens with zero attached hydrogens (tertiary/aromatic N) is 2. The highest BCUT2D eigenvalue weighted by Gasteiger charge is 2.16. The third-order valence-corrected chi connectivity index (χ3v) is 4.78. The minimum atomic E-state index is -0.273. The van der Waals surface area contributed by atoms with E-state index in [4.69, 9.17) is 4.74 Å². The molecular weight excluding hydrogens is 364 g/mol. The topological polar surface area (TPSA) is 63.8 Å². The molecule has 4 rings (SSSR count). The standard InChI is InChI=1S/C24H20N2O3/c1-16-6-5-7-18(14-16)26-23(27)21-9-4-3-8-20(21)22(24(26)28)15-25-17-10-12-19(29-2)13-11-17/h3-15,28H,1-2H3. The van der Waals surface area contributed by atoms with Gasteiger partial charge in [0.2, 0.25) is 5.88 Å². The summed E-state index contributed by atoms with van der Waals surface area (Å²) in [6.07, 6.45) is 1.59. The fraction of sp³-hybridized carbons (Fsp3) is 0.0833. The first kappa shape index (κ1) is 18.5. The SMILES string of the molecule is COc1ccc(N=Cc2c(O)n(-c3cccc(C)c3)c(=O)c3ccccc23)cc1. The molecule has 144 valence electrons. The van der Waals surface area contributed by atoms with Crippen LogP contribution in [0.15, 0.2) is 82.6 Å². The van der Waals surface area contributed by atoms with Crippen LogP contribution in [0.4, 0.5) is 5.69 Å². The Morgan fingerprint density at radius 2 is 1.69 bits per heavy atom. The number of aliphatic imine (C=N–C) groups is 1. The highest BCUT2D eigenvalue weighted by molar-refractivity contribution is 6.02. The van der Waals surface area contributed by atoms with Crippen LogP contribution in [-0.2, 0) is 0 Å². The first-order chi connectivity index (χ1) is 14.1. The quantitative estimate of drug-likeness (QED) is 0.516. The number of pyridine rings is 1. The number of ether oxygens (including phenoxy) is 1. The van der Waals surface area contributed by atoms with Gasteiger partial charge in [0.1, 0.15) is 5.75 Å². The number of aromatic hydroxyl groups is 1. The van der Waals surface area contributed by atoms with Gasteiger partial charge in [-0.05, 0) is 55.0 Å². The maximum absolute atomic E-state index is 13.1. The molecule has 5 heteroatoms. The zero-order chi connectivity index (χ0) is 20.4. The number of benzene rings is 3. The van der Waals surface area contributed by atoms with Crippen molar-refractivity contribution in [2.24, 2.45) is 4.99 Å². The highest BCUT2D eigenvalue weighted by Crippen LogP contribution is 2.27. The molecule has 0 aliphatic carbocycles. The summed E-state index contributed by atoms with van der Waals surface area (Å²) in [6.45, 7) is 1.94. The van der Waals surface area contributed by atoms with Crippen molar-refractivity contribution in [3.8, 4) is 17.3 Å². The Morgan fingerprint density at radius 3 is 2.38 bits per heavy atom. The number of rotatable bonds is 4. The number of fused-ring (bicyclic) bond motifs is 1. The molecule has 1 aromatic heterocycles. The van der Waals surface area contributed by atoms with Gasteiger partial charge in [0.25, 0.3) is 5.56 Å². The molecule has 0 saturated carbocycles. The maximum atomic E-state index is 13.1.